The average molecular weight is 548 g/mol. The standard InChI is InChI=1S/C25H30ClN5O5S/c1-4-36-25(33)21(13-17(2)3)24(32)28-19-11-9-18(10-12-19)15-31-16-20(29-30-31)14-27-37(34,35)23-8-6-5-7-22(23)26/h5-12,16-17,21,27H,4,13-15H2,1-3H3,(H,28,32). The predicted molar refractivity (Wildman–Crippen MR) is 139 cm³/mol. The van der Waals surface area contributed by atoms with E-state index >= 15 is 0 Å². The number of esters is 1. The van der Waals surface area contributed by atoms with Crippen LogP contribution in [-0.4, -0.2) is 41.9 Å². The van der Waals surface area contributed by atoms with E-state index in [1.807, 2.05) is 26.0 Å². The second kappa shape index (κ2) is 12.8. The summed E-state index contributed by atoms with van der Waals surface area (Å²) in [6, 6.07) is 13.3. The maximum Gasteiger partial charge on any atom is 0.318 e. The number of amides is 1. The van der Waals surface area contributed by atoms with E-state index < -0.39 is 27.8 Å². The van der Waals surface area contributed by atoms with Crippen molar-refractivity contribution in [1.82, 2.24) is 19.7 Å². The number of aromatic nitrogens is 3. The molecule has 1 atom stereocenters. The van der Waals surface area contributed by atoms with Crippen LogP contribution in [0.1, 0.15) is 38.4 Å². The van der Waals surface area contributed by atoms with Crippen LogP contribution in [0.15, 0.2) is 59.6 Å². The first-order valence-electron chi connectivity index (χ1n) is 11.8. The van der Waals surface area contributed by atoms with Gasteiger partial charge in [0.2, 0.25) is 15.9 Å². The van der Waals surface area contributed by atoms with Crippen molar-refractivity contribution >= 4 is 39.2 Å². The molecule has 0 aliphatic carbocycles. The zero-order valence-corrected chi connectivity index (χ0v) is 22.4. The van der Waals surface area contributed by atoms with Crippen LogP contribution >= 0.6 is 11.6 Å². The molecule has 1 amide bonds. The lowest BCUT2D eigenvalue weighted by atomic mass is 9.96. The van der Waals surface area contributed by atoms with Crippen LogP contribution in [0, 0.1) is 11.8 Å². The molecule has 1 unspecified atom stereocenters. The molecule has 1 aromatic heterocycles. The van der Waals surface area contributed by atoms with Gasteiger partial charge >= 0.3 is 5.97 Å². The third-order valence-corrected chi connectivity index (χ3v) is 7.22. The Morgan fingerprint density at radius 3 is 2.46 bits per heavy atom. The van der Waals surface area contributed by atoms with Gasteiger partial charge in [-0.15, -0.1) is 5.10 Å². The smallest absolute Gasteiger partial charge is 0.318 e. The number of sulfonamides is 1. The number of nitrogens with one attached hydrogen (secondary N) is 2. The summed E-state index contributed by atoms with van der Waals surface area (Å²) in [4.78, 5) is 24.9. The summed E-state index contributed by atoms with van der Waals surface area (Å²) >= 11 is 5.99. The topological polar surface area (TPSA) is 132 Å². The third kappa shape index (κ3) is 8.11. The lowest BCUT2D eigenvalue weighted by Crippen LogP contribution is -2.32. The Morgan fingerprint density at radius 1 is 1.11 bits per heavy atom. The molecule has 0 fully saturated rings. The minimum Gasteiger partial charge on any atom is -0.465 e. The molecule has 3 aromatic rings. The van der Waals surface area contributed by atoms with Gasteiger partial charge in [-0.2, -0.15) is 0 Å². The maximum atomic E-state index is 12.7. The Kier molecular flexibility index (Phi) is 9.79. The molecule has 2 N–H and O–H groups in total. The molecule has 0 bridgehead atoms. The van der Waals surface area contributed by atoms with Gasteiger partial charge in [-0.05, 0) is 49.1 Å². The zero-order chi connectivity index (χ0) is 27.0. The zero-order valence-electron chi connectivity index (χ0n) is 20.8. The van der Waals surface area contributed by atoms with Gasteiger partial charge in [0.05, 0.1) is 36.6 Å². The van der Waals surface area contributed by atoms with Crippen molar-refractivity contribution in [2.45, 2.75) is 45.2 Å². The molecule has 198 valence electrons. The van der Waals surface area contributed by atoms with E-state index in [1.165, 1.54) is 12.1 Å². The molecular weight excluding hydrogens is 518 g/mol. The largest absolute Gasteiger partial charge is 0.465 e. The first-order chi connectivity index (χ1) is 17.6. The van der Waals surface area contributed by atoms with Crippen LogP contribution in [-0.2, 0) is 37.4 Å². The summed E-state index contributed by atoms with van der Waals surface area (Å²) in [5.74, 6) is -1.65. The molecule has 0 aliphatic rings. The van der Waals surface area contributed by atoms with Gasteiger partial charge in [0.25, 0.3) is 0 Å². The normalized spacial score (nSPS) is 12.4. The predicted octanol–water partition coefficient (Wildman–Crippen LogP) is 3.62. The van der Waals surface area contributed by atoms with E-state index in [2.05, 4.69) is 20.4 Å². The van der Waals surface area contributed by atoms with Crippen molar-refractivity contribution < 1.29 is 22.7 Å². The van der Waals surface area contributed by atoms with Crippen molar-refractivity contribution in [3.05, 3.63) is 71.0 Å². The van der Waals surface area contributed by atoms with Gasteiger partial charge in [0, 0.05) is 5.69 Å². The monoisotopic (exact) mass is 547 g/mol. The van der Waals surface area contributed by atoms with Gasteiger partial charge < -0.3 is 10.1 Å². The molecule has 0 aliphatic heterocycles. The van der Waals surface area contributed by atoms with E-state index in [0.717, 1.165) is 5.56 Å². The number of hydrogen-bond acceptors (Lipinski definition) is 7. The Hall–Kier alpha value is -3.28. The molecule has 10 nitrogen and oxygen atoms in total. The van der Waals surface area contributed by atoms with Crippen molar-refractivity contribution in [1.29, 1.82) is 0 Å². The van der Waals surface area contributed by atoms with Crippen molar-refractivity contribution in [3.8, 4) is 0 Å². The highest BCUT2D eigenvalue weighted by Crippen LogP contribution is 2.21. The number of rotatable bonds is 12. The fraction of sp³-hybridized carbons (Fsp3) is 0.360. The Morgan fingerprint density at radius 2 is 1.81 bits per heavy atom. The van der Waals surface area contributed by atoms with Gasteiger partial charge in [0.15, 0.2) is 0 Å². The molecular formula is C25H30ClN5O5S. The third-order valence-electron chi connectivity index (χ3n) is 5.32. The fourth-order valence-electron chi connectivity index (χ4n) is 3.54. The van der Waals surface area contributed by atoms with Gasteiger partial charge in [0.1, 0.15) is 10.8 Å². The minimum absolute atomic E-state index is 0.00554. The van der Waals surface area contributed by atoms with Crippen LogP contribution in [0.25, 0.3) is 0 Å². The highest BCUT2D eigenvalue weighted by molar-refractivity contribution is 7.89. The lowest BCUT2D eigenvalue weighted by molar-refractivity contribution is -0.151. The second-order valence-electron chi connectivity index (χ2n) is 8.78. The van der Waals surface area contributed by atoms with Crippen LogP contribution in [0.5, 0.6) is 0 Å². The maximum absolute atomic E-state index is 12.7. The minimum atomic E-state index is -3.80. The second-order valence-corrected chi connectivity index (χ2v) is 10.9. The summed E-state index contributed by atoms with van der Waals surface area (Å²) in [5.41, 5.74) is 1.88. The average Bonchev–Trinajstić information content (AvgIpc) is 3.30. The highest BCUT2D eigenvalue weighted by atomic mass is 35.5. The number of anilines is 1. The molecule has 12 heteroatoms. The number of carbonyl (C=O) groups excluding carboxylic acids is 2. The molecule has 2 aromatic carbocycles. The number of ether oxygens (including phenoxy) is 1. The quantitative estimate of drug-likeness (QED) is 0.261. The SMILES string of the molecule is CCOC(=O)C(CC(C)C)C(=O)Nc1ccc(Cn2cc(CNS(=O)(=O)c3ccccc3Cl)nn2)cc1. The van der Waals surface area contributed by atoms with Crippen molar-refractivity contribution in [2.24, 2.45) is 11.8 Å². The summed E-state index contributed by atoms with van der Waals surface area (Å²) in [6.45, 7) is 6.15. The Balaban J connectivity index is 1.58. The Bertz CT molecular complexity index is 1330. The molecule has 0 saturated heterocycles. The number of benzene rings is 2. The Labute approximate surface area is 221 Å². The highest BCUT2D eigenvalue weighted by Gasteiger charge is 2.29. The van der Waals surface area contributed by atoms with Gasteiger partial charge in [-0.3, -0.25) is 9.59 Å². The van der Waals surface area contributed by atoms with Crippen molar-refractivity contribution in [2.75, 3.05) is 11.9 Å². The van der Waals surface area contributed by atoms with E-state index in [0.29, 0.717) is 24.3 Å². The van der Waals surface area contributed by atoms with Crippen LogP contribution < -0.4 is 10.0 Å². The number of hydrogen-bond donors (Lipinski definition) is 2. The summed E-state index contributed by atoms with van der Waals surface area (Å²) in [6.07, 6.45) is 2.03. The molecule has 0 spiro atoms. The number of halogens is 1. The van der Waals surface area contributed by atoms with E-state index in [4.69, 9.17) is 16.3 Å². The summed E-state index contributed by atoms with van der Waals surface area (Å²) in [7, 11) is -3.80. The van der Waals surface area contributed by atoms with Gasteiger partial charge in [-0.1, -0.05) is 54.9 Å². The van der Waals surface area contributed by atoms with Crippen LogP contribution in [0.4, 0.5) is 5.69 Å². The number of nitrogens with zero attached hydrogens (tertiary/aromatic N) is 3. The first-order valence-corrected chi connectivity index (χ1v) is 13.6. The lowest BCUT2D eigenvalue weighted by Gasteiger charge is -2.17. The molecule has 0 radical (unpaired) electrons. The number of carbonyl (C=O) groups is 2. The van der Waals surface area contributed by atoms with Crippen LogP contribution in [0.2, 0.25) is 5.02 Å². The van der Waals surface area contributed by atoms with E-state index in [9.17, 15) is 18.0 Å². The molecule has 1 heterocycles. The fourth-order valence-corrected chi connectivity index (χ4v) is 5.06. The molecule has 37 heavy (non-hydrogen) atoms. The molecule has 3 rings (SSSR count). The summed E-state index contributed by atoms with van der Waals surface area (Å²) < 4.78 is 34.1. The molecule has 0 saturated carbocycles. The summed E-state index contributed by atoms with van der Waals surface area (Å²) in [5, 5.41) is 11.0. The van der Waals surface area contributed by atoms with Crippen LogP contribution in [0.3, 0.4) is 0 Å². The van der Waals surface area contributed by atoms with E-state index in [-0.39, 0.29) is 29.0 Å². The first kappa shape index (κ1) is 28.3. The van der Waals surface area contributed by atoms with Crippen molar-refractivity contribution in [3.63, 3.8) is 0 Å². The van der Waals surface area contributed by atoms with E-state index in [1.54, 1.807) is 42.1 Å². The van der Waals surface area contributed by atoms with Gasteiger partial charge in [-0.25, -0.2) is 17.8 Å².